The predicted octanol–water partition coefficient (Wildman–Crippen LogP) is 1.73. The highest BCUT2D eigenvalue weighted by Gasteiger charge is 2.14. The van der Waals surface area contributed by atoms with Crippen LogP contribution in [0.3, 0.4) is 0 Å². The van der Waals surface area contributed by atoms with Crippen LogP contribution in [-0.4, -0.2) is 37.8 Å². The number of hydrogen-bond acceptors (Lipinski definition) is 5. The molecule has 0 atom stereocenters. The lowest BCUT2D eigenvalue weighted by Crippen LogP contribution is -2.28. The number of ether oxygens (including phenoxy) is 2. The van der Waals surface area contributed by atoms with Crippen LogP contribution in [-0.2, 0) is 9.47 Å². The number of benzene rings is 1. The molecule has 0 fully saturated rings. The minimum atomic E-state index is -0.561. The maximum atomic E-state index is 11.6. The van der Waals surface area contributed by atoms with Crippen molar-refractivity contribution < 1.29 is 19.1 Å². The molecule has 0 spiro atoms. The van der Waals surface area contributed by atoms with Gasteiger partial charge in [0.2, 0.25) is 0 Å². The highest BCUT2D eigenvalue weighted by molar-refractivity contribution is 7.80. The summed E-state index contributed by atoms with van der Waals surface area (Å²) in [6.07, 6.45) is 1.65. The van der Waals surface area contributed by atoms with E-state index in [2.05, 4.69) is 26.7 Å². The van der Waals surface area contributed by atoms with Crippen LogP contribution >= 0.6 is 12.2 Å². The van der Waals surface area contributed by atoms with Crippen LogP contribution in [0.5, 0.6) is 0 Å². The molecule has 0 heterocycles. The summed E-state index contributed by atoms with van der Waals surface area (Å²) in [6, 6.07) is 4.45. The molecule has 112 valence electrons. The third-order valence-corrected chi connectivity index (χ3v) is 2.69. The monoisotopic (exact) mass is 308 g/mol. The fraction of sp³-hybridized carbons (Fsp3) is 0.214. The van der Waals surface area contributed by atoms with E-state index in [1.54, 1.807) is 6.08 Å². The molecule has 0 aromatic heterocycles. The van der Waals surface area contributed by atoms with Gasteiger partial charge in [-0.25, -0.2) is 9.59 Å². The lowest BCUT2D eigenvalue weighted by atomic mass is 10.1. The molecule has 1 aromatic rings. The molecule has 1 aromatic carbocycles. The second-order valence-corrected chi connectivity index (χ2v) is 4.31. The Kier molecular flexibility index (Phi) is 6.35. The van der Waals surface area contributed by atoms with E-state index in [-0.39, 0.29) is 11.1 Å². The van der Waals surface area contributed by atoms with Crippen LogP contribution in [0.25, 0.3) is 0 Å². The molecule has 0 aliphatic heterocycles. The molecule has 21 heavy (non-hydrogen) atoms. The van der Waals surface area contributed by atoms with E-state index in [1.165, 1.54) is 32.4 Å². The van der Waals surface area contributed by atoms with Crippen LogP contribution < -0.4 is 10.6 Å². The summed E-state index contributed by atoms with van der Waals surface area (Å²) in [5.74, 6) is -1.12. The van der Waals surface area contributed by atoms with Crippen LogP contribution in [0.1, 0.15) is 20.7 Å². The van der Waals surface area contributed by atoms with Crippen molar-refractivity contribution in [1.82, 2.24) is 5.32 Å². The first-order valence-electron chi connectivity index (χ1n) is 5.99. The molecule has 1 rings (SSSR count). The second kappa shape index (κ2) is 8.01. The molecule has 2 N–H and O–H groups in total. The molecular weight excluding hydrogens is 292 g/mol. The summed E-state index contributed by atoms with van der Waals surface area (Å²) < 4.78 is 9.30. The molecule has 0 radical (unpaired) electrons. The summed E-state index contributed by atoms with van der Waals surface area (Å²) in [5.41, 5.74) is 0.906. The Labute approximate surface area is 128 Å². The van der Waals surface area contributed by atoms with Gasteiger partial charge in [-0.1, -0.05) is 6.08 Å². The van der Waals surface area contributed by atoms with Crippen LogP contribution in [0.2, 0.25) is 0 Å². The molecule has 6 nitrogen and oxygen atoms in total. The van der Waals surface area contributed by atoms with Gasteiger partial charge in [-0.3, -0.25) is 0 Å². The van der Waals surface area contributed by atoms with E-state index < -0.39 is 11.9 Å². The fourth-order valence-corrected chi connectivity index (χ4v) is 1.71. The normalized spacial score (nSPS) is 9.43. The third-order valence-electron chi connectivity index (χ3n) is 2.44. The number of carbonyl (C=O) groups excluding carboxylic acids is 2. The topological polar surface area (TPSA) is 76.7 Å². The van der Waals surface area contributed by atoms with E-state index in [1.807, 2.05) is 0 Å². The zero-order chi connectivity index (χ0) is 15.8. The number of thiocarbonyl (C=S) groups is 1. The Morgan fingerprint density at radius 1 is 1.19 bits per heavy atom. The molecule has 0 amide bonds. The third kappa shape index (κ3) is 4.88. The van der Waals surface area contributed by atoms with Crippen molar-refractivity contribution in [1.29, 1.82) is 0 Å². The second-order valence-electron chi connectivity index (χ2n) is 3.91. The lowest BCUT2D eigenvalue weighted by Gasteiger charge is -2.11. The quantitative estimate of drug-likeness (QED) is 0.487. The zero-order valence-corrected chi connectivity index (χ0v) is 12.6. The number of methoxy groups -OCH3 is 2. The van der Waals surface area contributed by atoms with E-state index in [9.17, 15) is 9.59 Å². The first-order chi connectivity index (χ1) is 10.0. The molecule has 0 aliphatic carbocycles. The largest absolute Gasteiger partial charge is 0.465 e. The van der Waals surface area contributed by atoms with Crippen molar-refractivity contribution >= 4 is 35.0 Å². The molecule has 0 bridgehead atoms. The Balaban J connectivity index is 3.06. The minimum absolute atomic E-state index is 0.217. The smallest absolute Gasteiger partial charge is 0.337 e. The molecule has 0 saturated carbocycles. The van der Waals surface area contributed by atoms with Crippen LogP contribution in [0.15, 0.2) is 30.9 Å². The van der Waals surface area contributed by atoms with Gasteiger partial charge >= 0.3 is 11.9 Å². The molecular formula is C14H16N2O4S. The number of hydrogen-bond donors (Lipinski definition) is 2. The maximum absolute atomic E-state index is 11.6. The van der Waals surface area contributed by atoms with Gasteiger partial charge in [0.25, 0.3) is 0 Å². The Bertz CT molecular complexity index is 538. The van der Waals surface area contributed by atoms with Gasteiger partial charge in [0.05, 0.1) is 25.3 Å². The molecule has 7 heteroatoms. The van der Waals surface area contributed by atoms with Gasteiger partial charge < -0.3 is 20.1 Å². The number of nitrogens with one attached hydrogen (secondary N) is 2. The number of rotatable bonds is 5. The van der Waals surface area contributed by atoms with Crippen molar-refractivity contribution in [2.75, 3.05) is 26.1 Å². The SMILES string of the molecule is C=CCNC(=S)Nc1cc(C(=O)OC)cc(C(=O)OC)c1. The average Bonchev–Trinajstić information content (AvgIpc) is 2.50. The lowest BCUT2D eigenvalue weighted by molar-refractivity contribution is 0.0599. The highest BCUT2D eigenvalue weighted by atomic mass is 32.1. The summed E-state index contributed by atoms with van der Waals surface area (Å²) in [5, 5.41) is 6.09. The first kappa shape index (κ1) is 16.6. The van der Waals surface area contributed by atoms with Crippen molar-refractivity contribution in [3.63, 3.8) is 0 Å². The van der Waals surface area contributed by atoms with Gasteiger partial charge in [-0.05, 0) is 30.4 Å². The molecule has 0 saturated heterocycles. The molecule has 0 aliphatic rings. The predicted molar refractivity (Wildman–Crippen MR) is 83.5 cm³/mol. The summed E-state index contributed by atoms with van der Waals surface area (Å²) in [7, 11) is 2.52. The minimum Gasteiger partial charge on any atom is -0.465 e. The number of esters is 2. The van der Waals surface area contributed by atoms with Gasteiger partial charge in [0.15, 0.2) is 5.11 Å². The fourth-order valence-electron chi connectivity index (χ4n) is 1.51. The Morgan fingerprint density at radius 2 is 1.71 bits per heavy atom. The van der Waals surface area contributed by atoms with E-state index in [0.29, 0.717) is 17.3 Å². The Morgan fingerprint density at radius 3 is 2.14 bits per heavy atom. The highest BCUT2D eigenvalue weighted by Crippen LogP contribution is 2.17. The summed E-state index contributed by atoms with van der Waals surface area (Å²) >= 11 is 5.07. The zero-order valence-electron chi connectivity index (χ0n) is 11.8. The Hall–Kier alpha value is -2.41. The average molecular weight is 308 g/mol. The number of anilines is 1. The van der Waals surface area contributed by atoms with Gasteiger partial charge in [-0.2, -0.15) is 0 Å². The number of carbonyl (C=O) groups is 2. The van der Waals surface area contributed by atoms with Crippen molar-refractivity contribution in [3.8, 4) is 0 Å². The molecule has 0 unspecified atom stereocenters. The van der Waals surface area contributed by atoms with Crippen molar-refractivity contribution in [3.05, 3.63) is 42.0 Å². The van der Waals surface area contributed by atoms with Crippen molar-refractivity contribution in [2.24, 2.45) is 0 Å². The van der Waals surface area contributed by atoms with Crippen LogP contribution in [0, 0.1) is 0 Å². The van der Waals surface area contributed by atoms with E-state index in [4.69, 9.17) is 12.2 Å². The van der Waals surface area contributed by atoms with Crippen LogP contribution in [0.4, 0.5) is 5.69 Å². The van der Waals surface area contributed by atoms with Gasteiger partial charge in [-0.15, -0.1) is 6.58 Å². The van der Waals surface area contributed by atoms with Crippen molar-refractivity contribution in [2.45, 2.75) is 0 Å². The summed E-state index contributed by atoms with van der Waals surface area (Å²) in [4.78, 5) is 23.2. The standard InChI is InChI=1S/C14H16N2O4S/c1-4-5-15-14(21)16-11-7-9(12(17)19-2)6-10(8-11)13(18)20-3/h4,6-8H,1,5H2,2-3H3,(H2,15,16,21). The summed E-state index contributed by atoms with van der Waals surface area (Å²) in [6.45, 7) is 4.06. The van der Waals surface area contributed by atoms with E-state index >= 15 is 0 Å². The first-order valence-corrected chi connectivity index (χ1v) is 6.40. The van der Waals surface area contributed by atoms with Gasteiger partial charge in [0.1, 0.15) is 0 Å². The van der Waals surface area contributed by atoms with E-state index in [0.717, 1.165) is 0 Å². The van der Waals surface area contributed by atoms with Gasteiger partial charge in [0, 0.05) is 12.2 Å². The maximum Gasteiger partial charge on any atom is 0.337 e.